The highest BCUT2D eigenvalue weighted by molar-refractivity contribution is 7.07. The van der Waals surface area contributed by atoms with Crippen molar-refractivity contribution in [1.82, 2.24) is 4.57 Å². The van der Waals surface area contributed by atoms with E-state index in [4.69, 9.17) is 35.5 Å². The molecule has 1 aromatic heterocycles. The molecule has 1 atom stereocenters. The number of esters is 1. The molecule has 0 radical (unpaired) electrons. The first kappa shape index (κ1) is 27.5. The van der Waals surface area contributed by atoms with Crippen LogP contribution in [0.4, 0.5) is 0 Å². The Morgan fingerprint density at radius 3 is 2.47 bits per heavy atom. The summed E-state index contributed by atoms with van der Waals surface area (Å²) in [5.41, 5.74) is 1.80. The first-order valence-electron chi connectivity index (χ1n) is 12.1. The number of hydrogen-bond donors (Lipinski definition) is 0. The van der Waals surface area contributed by atoms with Crippen molar-refractivity contribution in [2.45, 2.75) is 32.7 Å². The first-order chi connectivity index (χ1) is 18.4. The summed E-state index contributed by atoms with van der Waals surface area (Å²) in [5, 5.41) is 0.446. The summed E-state index contributed by atoms with van der Waals surface area (Å²) < 4.78 is 23.9. The standard InChI is InChI=1S/C28H29ClN2O6S/c1-6-8-20-24(27(33)37-7-2)25(19-15-17(29)9-11-22(19)36-5)31-26(32)23(38-28(31)30-20)14-16-13-18(34-3)10-12-21(16)35-4/h9-15,25H,6-8H2,1-5H3/b23-14+/t25-/m0/s1. The average Bonchev–Trinajstić information content (AvgIpc) is 3.22. The third kappa shape index (κ3) is 5.21. The summed E-state index contributed by atoms with van der Waals surface area (Å²) in [7, 11) is 4.67. The predicted octanol–water partition coefficient (Wildman–Crippen LogP) is 4.26. The summed E-state index contributed by atoms with van der Waals surface area (Å²) in [6, 6.07) is 9.64. The molecule has 10 heteroatoms. The van der Waals surface area contributed by atoms with Crippen molar-refractivity contribution in [3.63, 3.8) is 0 Å². The van der Waals surface area contributed by atoms with Gasteiger partial charge in [-0.15, -0.1) is 0 Å². The van der Waals surface area contributed by atoms with Crippen molar-refractivity contribution in [2.24, 2.45) is 4.99 Å². The van der Waals surface area contributed by atoms with Crippen molar-refractivity contribution < 1.29 is 23.7 Å². The summed E-state index contributed by atoms with van der Waals surface area (Å²) in [6.07, 6.45) is 3.02. The molecule has 4 rings (SSSR count). The van der Waals surface area contributed by atoms with Gasteiger partial charge >= 0.3 is 5.97 Å². The van der Waals surface area contributed by atoms with Crippen LogP contribution in [-0.2, 0) is 9.53 Å². The van der Waals surface area contributed by atoms with Gasteiger partial charge < -0.3 is 18.9 Å². The number of carbonyl (C=O) groups excluding carboxylic acids is 1. The first-order valence-corrected chi connectivity index (χ1v) is 13.3. The molecule has 200 valence electrons. The summed E-state index contributed by atoms with van der Waals surface area (Å²) in [5.74, 6) is 1.17. The van der Waals surface area contributed by atoms with E-state index in [0.29, 0.717) is 60.4 Å². The van der Waals surface area contributed by atoms with Gasteiger partial charge in [-0.2, -0.15) is 0 Å². The van der Waals surface area contributed by atoms with Crippen molar-refractivity contribution in [2.75, 3.05) is 27.9 Å². The number of fused-ring (bicyclic) bond motifs is 1. The number of hydrogen-bond acceptors (Lipinski definition) is 8. The lowest BCUT2D eigenvalue weighted by Crippen LogP contribution is -2.40. The highest BCUT2D eigenvalue weighted by atomic mass is 35.5. The number of ether oxygens (including phenoxy) is 4. The van der Waals surface area contributed by atoms with Gasteiger partial charge in [0.1, 0.15) is 23.3 Å². The fourth-order valence-electron chi connectivity index (χ4n) is 4.43. The van der Waals surface area contributed by atoms with Gasteiger partial charge in [0, 0.05) is 16.1 Å². The molecule has 38 heavy (non-hydrogen) atoms. The normalized spacial score (nSPS) is 15.1. The zero-order valence-corrected chi connectivity index (χ0v) is 23.4. The number of methoxy groups -OCH3 is 3. The summed E-state index contributed by atoms with van der Waals surface area (Å²) >= 11 is 7.63. The van der Waals surface area contributed by atoms with Crippen molar-refractivity contribution in [3.05, 3.63) is 83.5 Å². The molecule has 0 fully saturated rings. The van der Waals surface area contributed by atoms with E-state index in [2.05, 4.69) is 0 Å². The van der Waals surface area contributed by atoms with Crippen LogP contribution in [0.15, 0.2) is 57.5 Å². The van der Waals surface area contributed by atoms with Crippen LogP contribution in [0.5, 0.6) is 17.2 Å². The summed E-state index contributed by atoms with van der Waals surface area (Å²) in [4.78, 5) is 32.6. The summed E-state index contributed by atoms with van der Waals surface area (Å²) in [6.45, 7) is 3.93. The van der Waals surface area contributed by atoms with Crippen LogP contribution in [-0.4, -0.2) is 38.5 Å². The Morgan fingerprint density at radius 2 is 1.82 bits per heavy atom. The quantitative estimate of drug-likeness (QED) is 0.366. The Bertz CT molecular complexity index is 1570. The molecule has 1 aliphatic rings. The van der Waals surface area contributed by atoms with E-state index in [9.17, 15) is 9.59 Å². The fraction of sp³-hybridized carbons (Fsp3) is 0.321. The molecule has 0 spiro atoms. The van der Waals surface area contributed by atoms with E-state index < -0.39 is 12.0 Å². The van der Waals surface area contributed by atoms with Gasteiger partial charge in [0.05, 0.1) is 43.7 Å². The van der Waals surface area contributed by atoms with Crippen LogP contribution in [0, 0.1) is 0 Å². The van der Waals surface area contributed by atoms with Gasteiger partial charge in [0.25, 0.3) is 5.56 Å². The van der Waals surface area contributed by atoms with Gasteiger partial charge in [0.2, 0.25) is 0 Å². The third-order valence-corrected chi connectivity index (χ3v) is 7.32. The van der Waals surface area contributed by atoms with Crippen LogP contribution in [0.2, 0.25) is 5.02 Å². The second kappa shape index (κ2) is 11.9. The molecule has 3 aromatic rings. The minimum absolute atomic E-state index is 0.182. The molecular weight excluding hydrogens is 528 g/mol. The minimum Gasteiger partial charge on any atom is -0.497 e. The Kier molecular flexibility index (Phi) is 8.58. The monoisotopic (exact) mass is 556 g/mol. The molecule has 0 N–H and O–H groups in total. The average molecular weight is 557 g/mol. The lowest BCUT2D eigenvalue weighted by Gasteiger charge is -2.27. The maximum Gasteiger partial charge on any atom is 0.338 e. The maximum absolute atomic E-state index is 14.0. The molecule has 0 unspecified atom stereocenters. The molecule has 0 saturated carbocycles. The lowest BCUT2D eigenvalue weighted by atomic mass is 9.93. The van der Waals surface area contributed by atoms with Crippen LogP contribution < -0.4 is 29.1 Å². The predicted molar refractivity (Wildman–Crippen MR) is 147 cm³/mol. The molecule has 2 heterocycles. The molecule has 2 aromatic carbocycles. The zero-order chi connectivity index (χ0) is 27.4. The number of rotatable bonds is 9. The third-order valence-electron chi connectivity index (χ3n) is 6.10. The molecule has 8 nitrogen and oxygen atoms in total. The van der Waals surface area contributed by atoms with E-state index in [1.54, 1.807) is 63.6 Å². The smallest absolute Gasteiger partial charge is 0.338 e. The lowest BCUT2D eigenvalue weighted by molar-refractivity contribution is -0.139. The number of carbonyl (C=O) groups is 1. The van der Waals surface area contributed by atoms with Crippen LogP contribution >= 0.6 is 22.9 Å². The second-order valence-corrected chi connectivity index (χ2v) is 9.85. The molecule has 0 bridgehead atoms. The largest absolute Gasteiger partial charge is 0.497 e. The molecular formula is C28H29ClN2O6S. The Balaban J connectivity index is 2.06. The Morgan fingerprint density at radius 1 is 1.08 bits per heavy atom. The van der Waals surface area contributed by atoms with Crippen LogP contribution in [0.3, 0.4) is 0 Å². The number of benzene rings is 2. The van der Waals surface area contributed by atoms with Crippen LogP contribution in [0.25, 0.3) is 6.08 Å². The SMILES string of the molecule is CCCC1=C(C(=O)OCC)[C@H](c2cc(Cl)ccc2OC)n2c(s/c(=C/c3cc(OC)ccc3OC)c2=O)=N1. The fourth-order valence-corrected chi connectivity index (χ4v) is 5.62. The van der Waals surface area contributed by atoms with Gasteiger partial charge in [-0.3, -0.25) is 9.36 Å². The van der Waals surface area contributed by atoms with Crippen molar-refractivity contribution >= 4 is 35.0 Å². The highest BCUT2D eigenvalue weighted by Gasteiger charge is 2.36. The molecule has 1 aliphatic heterocycles. The zero-order valence-electron chi connectivity index (χ0n) is 21.9. The van der Waals surface area contributed by atoms with Gasteiger partial charge in [0.15, 0.2) is 4.80 Å². The number of halogens is 1. The van der Waals surface area contributed by atoms with E-state index in [-0.39, 0.29) is 12.2 Å². The molecule has 0 amide bonds. The van der Waals surface area contributed by atoms with Crippen LogP contribution in [0.1, 0.15) is 43.9 Å². The number of thiazole rings is 1. The second-order valence-electron chi connectivity index (χ2n) is 8.41. The van der Waals surface area contributed by atoms with E-state index >= 15 is 0 Å². The van der Waals surface area contributed by atoms with E-state index in [1.807, 2.05) is 6.92 Å². The molecule has 0 aliphatic carbocycles. The number of allylic oxidation sites excluding steroid dienone is 1. The van der Waals surface area contributed by atoms with Gasteiger partial charge in [-0.05, 0) is 55.8 Å². The minimum atomic E-state index is -0.838. The highest BCUT2D eigenvalue weighted by Crippen LogP contribution is 2.38. The van der Waals surface area contributed by atoms with Gasteiger partial charge in [-0.25, -0.2) is 9.79 Å². The van der Waals surface area contributed by atoms with Gasteiger partial charge in [-0.1, -0.05) is 36.3 Å². The Hall–Kier alpha value is -3.56. The topological polar surface area (TPSA) is 88.4 Å². The van der Waals surface area contributed by atoms with E-state index in [1.165, 1.54) is 23.0 Å². The Labute approximate surface area is 229 Å². The van der Waals surface area contributed by atoms with Crippen molar-refractivity contribution in [1.29, 1.82) is 0 Å². The van der Waals surface area contributed by atoms with Crippen molar-refractivity contribution in [3.8, 4) is 17.2 Å². The number of aromatic nitrogens is 1. The maximum atomic E-state index is 14.0. The molecule has 0 saturated heterocycles. The van der Waals surface area contributed by atoms with E-state index in [0.717, 1.165) is 6.42 Å². The number of nitrogens with zero attached hydrogens (tertiary/aromatic N) is 2.